The quantitative estimate of drug-likeness (QED) is 0.868. The van der Waals surface area contributed by atoms with E-state index in [4.69, 9.17) is 9.47 Å². The lowest BCUT2D eigenvalue weighted by Gasteiger charge is -2.30. The highest BCUT2D eigenvalue weighted by atomic mass is 16.5. The Kier molecular flexibility index (Phi) is 4.48. The fraction of sp³-hybridized carbons (Fsp3) is 0.600. The van der Waals surface area contributed by atoms with E-state index in [1.54, 1.807) is 7.11 Å². The second-order valence-electron chi connectivity index (χ2n) is 4.77. The van der Waals surface area contributed by atoms with Crippen molar-refractivity contribution in [2.45, 2.75) is 45.2 Å². The first-order valence-electron chi connectivity index (χ1n) is 6.85. The highest BCUT2D eigenvalue weighted by Gasteiger charge is 2.23. The summed E-state index contributed by atoms with van der Waals surface area (Å²) in [7, 11) is 1.70. The molecule has 1 aromatic rings. The van der Waals surface area contributed by atoms with E-state index in [1.165, 1.54) is 5.56 Å². The van der Waals surface area contributed by atoms with Crippen LogP contribution < -0.4 is 14.8 Å². The van der Waals surface area contributed by atoms with Crippen LogP contribution in [0.2, 0.25) is 0 Å². The first-order chi connectivity index (χ1) is 8.78. The van der Waals surface area contributed by atoms with Gasteiger partial charge in [0.25, 0.3) is 0 Å². The van der Waals surface area contributed by atoms with Crippen molar-refractivity contribution in [3.05, 3.63) is 23.8 Å². The highest BCUT2D eigenvalue weighted by molar-refractivity contribution is 5.43. The normalized spacial score (nSPS) is 18.3. The minimum atomic E-state index is 0.383. The molecule has 3 heteroatoms. The molecule has 0 amide bonds. The zero-order chi connectivity index (χ0) is 13.0. The Labute approximate surface area is 109 Å². The molecule has 0 bridgehead atoms. The Morgan fingerprint density at radius 1 is 1.39 bits per heavy atom. The van der Waals surface area contributed by atoms with Gasteiger partial charge in [0.1, 0.15) is 11.5 Å². The lowest BCUT2D eigenvalue weighted by atomic mass is 9.98. The summed E-state index contributed by atoms with van der Waals surface area (Å²) in [5, 5.41) is 3.73. The topological polar surface area (TPSA) is 30.5 Å². The molecule has 1 atom stereocenters. The minimum Gasteiger partial charge on any atom is -0.497 e. The van der Waals surface area contributed by atoms with Crippen molar-refractivity contribution in [3.63, 3.8) is 0 Å². The van der Waals surface area contributed by atoms with Gasteiger partial charge in [-0.3, -0.25) is 0 Å². The van der Waals surface area contributed by atoms with Gasteiger partial charge in [0, 0.05) is 24.1 Å². The molecule has 100 valence electrons. The summed E-state index contributed by atoms with van der Waals surface area (Å²) in [5.74, 6) is 1.89. The Morgan fingerprint density at radius 3 is 2.83 bits per heavy atom. The van der Waals surface area contributed by atoms with Crippen molar-refractivity contribution in [1.29, 1.82) is 0 Å². The molecule has 0 spiro atoms. The van der Waals surface area contributed by atoms with Gasteiger partial charge in [-0.1, -0.05) is 13.8 Å². The monoisotopic (exact) mass is 249 g/mol. The van der Waals surface area contributed by atoms with E-state index >= 15 is 0 Å². The molecule has 1 unspecified atom stereocenters. The van der Waals surface area contributed by atoms with Crippen LogP contribution in [0.4, 0.5) is 0 Å². The molecule has 0 fully saturated rings. The van der Waals surface area contributed by atoms with Gasteiger partial charge in [-0.25, -0.2) is 0 Å². The van der Waals surface area contributed by atoms with E-state index in [0.29, 0.717) is 12.1 Å². The number of hydrogen-bond donors (Lipinski definition) is 1. The number of benzene rings is 1. The minimum absolute atomic E-state index is 0.383. The zero-order valence-corrected chi connectivity index (χ0v) is 11.5. The van der Waals surface area contributed by atoms with Gasteiger partial charge in [0.2, 0.25) is 0 Å². The van der Waals surface area contributed by atoms with Crippen molar-refractivity contribution < 1.29 is 9.47 Å². The molecule has 0 saturated heterocycles. The number of ether oxygens (including phenoxy) is 2. The third kappa shape index (κ3) is 2.78. The Balaban J connectivity index is 2.20. The van der Waals surface area contributed by atoms with E-state index in [2.05, 4.69) is 25.2 Å². The fourth-order valence-corrected chi connectivity index (χ4v) is 2.48. The van der Waals surface area contributed by atoms with Crippen LogP contribution in [0.3, 0.4) is 0 Å². The first-order valence-corrected chi connectivity index (χ1v) is 6.85. The molecule has 18 heavy (non-hydrogen) atoms. The molecule has 1 heterocycles. The van der Waals surface area contributed by atoms with Crippen molar-refractivity contribution in [1.82, 2.24) is 5.32 Å². The summed E-state index contributed by atoms with van der Waals surface area (Å²) >= 11 is 0. The molecule has 1 aliphatic heterocycles. The van der Waals surface area contributed by atoms with Crippen LogP contribution in [-0.4, -0.2) is 19.8 Å². The Hall–Kier alpha value is -1.22. The van der Waals surface area contributed by atoms with E-state index in [1.807, 2.05) is 12.1 Å². The average Bonchev–Trinajstić information content (AvgIpc) is 2.44. The molecule has 1 aliphatic rings. The second-order valence-corrected chi connectivity index (χ2v) is 4.77. The van der Waals surface area contributed by atoms with Crippen LogP contribution in [0.25, 0.3) is 0 Å². The van der Waals surface area contributed by atoms with Gasteiger partial charge in [-0.15, -0.1) is 0 Å². The standard InChI is InChI=1S/C15H23NO2/c1-4-11(5-2)16-14-8-9-18-15-7-6-12(17-3)10-13(14)15/h6-7,10-11,14,16H,4-5,8-9H2,1-3H3. The van der Waals surface area contributed by atoms with Gasteiger partial charge >= 0.3 is 0 Å². The number of rotatable bonds is 5. The SMILES string of the molecule is CCC(CC)NC1CCOc2ccc(OC)cc21. The van der Waals surface area contributed by atoms with E-state index < -0.39 is 0 Å². The van der Waals surface area contributed by atoms with Crippen LogP contribution in [-0.2, 0) is 0 Å². The van der Waals surface area contributed by atoms with E-state index in [-0.39, 0.29) is 0 Å². The number of methoxy groups -OCH3 is 1. The number of nitrogens with one attached hydrogen (secondary N) is 1. The van der Waals surface area contributed by atoms with Crippen molar-refractivity contribution >= 4 is 0 Å². The zero-order valence-electron chi connectivity index (χ0n) is 11.5. The largest absolute Gasteiger partial charge is 0.497 e. The average molecular weight is 249 g/mol. The molecule has 0 aliphatic carbocycles. The van der Waals surface area contributed by atoms with Gasteiger partial charge in [0.15, 0.2) is 0 Å². The third-order valence-electron chi connectivity index (χ3n) is 3.68. The summed E-state index contributed by atoms with van der Waals surface area (Å²) < 4.78 is 11.0. The highest BCUT2D eigenvalue weighted by Crippen LogP contribution is 2.35. The van der Waals surface area contributed by atoms with Gasteiger partial charge in [-0.05, 0) is 31.0 Å². The predicted octanol–water partition coefficient (Wildman–Crippen LogP) is 3.30. The van der Waals surface area contributed by atoms with E-state index in [9.17, 15) is 0 Å². The maximum Gasteiger partial charge on any atom is 0.124 e. The molecular weight excluding hydrogens is 226 g/mol. The number of hydrogen-bond acceptors (Lipinski definition) is 3. The Bertz CT molecular complexity index is 388. The van der Waals surface area contributed by atoms with Crippen molar-refractivity contribution in [2.75, 3.05) is 13.7 Å². The van der Waals surface area contributed by atoms with Crippen LogP contribution in [0.1, 0.15) is 44.7 Å². The molecule has 1 N–H and O–H groups in total. The second kappa shape index (κ2) is 6.10. The van der Waals surface area contributed by atoms with Crippen molar-refractivity contribution in [2.24, 2.45) is 0 Å². The van der Waals surface area contributed by atoms with Crippen LogP contribution >= 0.6 is 0 Å². The predicted molar refractivity (Wildman–Crippen MR) is 73.4 cm³/mol. The lowest BCUT2D eigenvalue weighted by molar-refractivity contribution is 0.240. The molecular formula is C15H23NO2. The fourth-order valence-electron chi connectivity index (χ4n) is 2.48. The Morgan fingerprint density at radius 2 is 2.17 bits per heavy atom. The third-order valence-corrected chi connectivity index (χ3v) is 3.68. The van der Waals surface area contributed by atoms with E-state index in [0.717, 1.165) is 37.4 Å². The molecule has 0 aromatic heterocycles. The first kappa shape index (κ1) is 13.2. The molecule has 0 saturated carbocycles. The van der Waals surface area contributed by atoms with Crippen LogP contribution in [0, 0.1) is 0 Å². The summed E-state index contributed by atoms with van der Waals surface area (Å²) in [5.41, 5.74) is 1.23. The number of fused-ring (bicyclic) bond motifs is 1. The summed E-state index contributed by atoms with van der Waals surface area (Å²) in [6.07, 6.45) is 3.34. The van der Waals surface area contributed by atoms with Gasteiger partial charge in [0.05, 0.1) is 13.7 Å². The van der Waals surface area contributed by atoms with Crippen molar-refractivity contribution in [3.8, 4) is 11.5 Å². The summed E-state index contributed by atoms with van der Waals surface area (Å²) in [6, 6.07) is 7.02. The molecule has 0 radical (unpaired) electrons. The lowest BCUT2D eigenvalue weighted by Crippen LogP contribution is -2.34. The maximum atomic E-state index is 5.71. The van der Waals surface area contributed by atoms with Gasteiger partial charge in [-0.2, -0.15) is 0 Å². The molecule has 1 aromatic carbocycles. The van der Waals surface area contributed by atoms with Gasteiger partial charge < -0.3 is 14.8 Å². The summed E-state index contributed by atoms with van der Waals surface area (Å²) in [6.45, 7) is 5.25. The molecule has 2 rings (SSSR count). The maximum absolute atomic E-state index is 5.71. The summed E-state index contributed by atoms with van der Waals surface area (Å²) in [4.78, 5) is 0. The molecule has 3 nitrogen and oxygen atoms in total. The smallest absolute Gasteiger partial charge is 0.124 e. The van der Waals surface area contributed by atoms with Crippen LogP contribution in [0.15, 0.2) is 18.2 Å². The van der Waals surface area contributed by atoms with Crippen LogP contribution in [0.5, 0.6) is 11.5 Å².